The minimum Gasteiger partial charge on any atom is -0.431 e. The van der Waals surface area contributed by atoms with Crippen LogP contribution < -0.4 is 0 Å². The molecule has 0 aromatic heterocycles. The highest BCUT2D eigenvalue weighted by Gasteiger charge is 2.19. The second kappa shape index (κ2) is 7.89. The highest BCUT2D eigenvalue weighted by atomic mass is 16.6. The van der Waals surface area contributed by atoms with Crippen molar-refractivity contribution in [3.63, 3.8) is 0 Å². The number of allylic oxidation sites excluding steroid dienone is 1. The first-order valence-corrected chi connectivity index (χ1v) is 6.24. The van der Waals surface area contributed by atoms with Crippen molar-refractivity contribution in [1.29, 1.82) is 0 Å². The van der Waals surface area contributed by atoms with Crippen LogP contribution in [0.3, 0.4) is 0 Å². The second-order valence-electron chi connectivity index (χ2n) is 3.99. The van der Waals surface area contributed by atoms with Crippen molar-refractivity contribution in [3.05, 3.63) is 47.7 Å². The van der Waals surface area contributed by atoms with Gasteiger partial charge in [0.1, 0.15) is 0 Å². The normalized spacial score (nSPS) is 10.3. The fourth-order valence-electron chi connectivity index (χ4n) is 1.43. The monoisotopic (exact) mass is 276 g/mol. The first-order valence-electron chi connectivity index (χ1n) is 6.24. The maximum atomic E-state index is 11.9. The number of hydrogen-bond acceptors (Lipinski definition) is 5. The zero-order valence-corrected chi connectivity index (χ0v) is 11.4. The topological polar surface area (TPSA) is 69.7 Å². The van der Waals surface area contributed by atoms with Crippen molar-refractivity contribution < 1.29 is 23.9 Å². The maximum Gasteiger partial charge on any atom is 0.346 e. The van der Waals surface area contributed by atoms with Crippen LogP contribution in [0.2, 0.25) is 0 Å². The van der Waals surface area contributed by atoms with Crippen LogP contribution in [-0.2, 0) is 14.3 Å². The molecule has 0 amide bonds. The Morgan fingerprint density at radius 2 is 1.70 bits per heavy atom. The third-order valence-electron chi connectivity index (χ3n) is 2.33. The van der Waals surface area contributed by atoms with Gasteiger partial charge in [-0.05, 0) is 24.6 Å². The summed E-state index contributed by atoms with van der Waals surface area (Å²) in [6, 6.07) is 6.00. The summed E-state index contributed by atoms with van der Waals surface area (Å²) in [5.41, 5.74) is 0.0523. The van der Waals surface area contributed by atoms with Gasteiger partial charge in [-0.3, -0.25) is 4.79 Å². The third kappa shape index (κ3) is 4.68. The van der Waals surface area contributed by atoms with Crippen molar-refractivity contribution in [2.45, 2.75) is 26.7 Å². The van der Waals surface area contributed by atoms with E-state index in [1.165, 1.54) is 18.4 Å². The van der Waals surface area contributed by atoms with Gasteiger partial charge in [-0.25, -0.2) is 9.59 Å². The minimum absolute atomic E-state index is 0.00316. The minimum atomic E-state index is -0.873. The molecule has 5 heteroatoms. The molecule has 5 nitrogen and oxygen atoms in total. The summed E-state index contributed by atoms with van der Waals surface area (Å²) in [4.78, 5) is 34.3. The van der Waals surface area contributed by atoms with Crippen molar-refractivity contribution in [3.8, 4) is 0 Å². The molecule has 0 fully saturated rings. The Balaban J connectivity index is 2.87. The lowest BCUT2D eigenvalue weighted by Gasteiger charge is -2.05. The van der Waals surface area contributed by atoms with Gasteiger partial charge in [0.25, 0.3) is 0 Å². The third-order valence-corrected chi connectivity index (χ3v) is 2.33. The molecule has 0 bridgehead atoms. The first-order chi connectivity index (χ1) is 9.56. The number of benzene rings is 1. The highest BCUT2D eigenvalue weighted by Crippen LogP contribution is 2.12. The van der Waals surface area contributed by atoms with Crippen LogP contribution in [0.5, 0.6) is 0 Å². The largest absolute Gasteiger partial charge is 0.431 e. The summed E-state index contributed by atoms with van der Waals surface area (Å²) < 4.78 is 9.38. The molecule has 0 aliphatic heterocycles. The molecule has 0 aliphatic carbocycles. The fourth-order valence-corrected chi connectivity index (χ4v) is 1.43. The number of rotatable bonds is 5. The molecule has 0 heterocycles. The van der Waals surface area contributed by atoms with E-state index in [2.05, 4.69) is 4.74 Å². The number of carbonyl (C=O) groups is 3. The number of esters is 3. The van der Waals surface area contributed by atoms with E-state index in [4.69, 9.17) is 4.74 Å². The van der Waals surface area contributed by atoms with Crippen molar-refractivity contribution in [2.75, 3.05) is 0 Å². The average molecular weight is 276 g/mol. The van der Waals surface area contributed by atoms with Gasteiger partial charge in [0, 0.05) is 6.92 Å². The fraction of sp³-hybridized carbons (Fsp3) is 0.267. The molecule has 20 heavy (non-hydrogen) atoms. The molecule has 0 radical (unpaired) electrons. The molecule has 106 valence electrons. The SMILES string of the molecule is CCCC=COC(=O)c1ccccc1C(=O)OC(C)=O. The summed E-state index contributed by atoms with van der Waals surface area (Å²) in [5, 5.41) is 0. The van der Waals surface area contributed by atoms with E-state index in [9.17, 15) is 14.4 Å². The van der Waals surface area contributed by atoms with E-state index in [1.54, 1.807) is 18.2 Å². The molecule has 0 aliphatic rings. The van der Waals surface area contributed by atoms with E-state index in [1.807, 2.05) is 6.92 Å². The maximum absolute atomic E-state index is 11.9. The van der Waals surface area contributed by atoms with E-state index >= 15 is 0 Å². The Labute approximate surface area is 117 Å². The molecule has 0 spiro atoms. The van der Waals surface area contributed by atoms with Crippen LogP contribution in [-0.4, -0.2) is 17.9 Å². The van der Waals surface area contributed by atoms with Crippen LogP contribution in [0, 0.1) is 0 Å². The van der Waals surface area contributed by atoms with Gasteiger partial charge in [-0.2, -0.15) is 0 Å². The molecule has 1 aromatic rings. The molecule has 0 unspecified atom stereocenters. The molecule has 1 aromatic carbocycles. The Bertz CT molecular complexity index is 531. The Kier molecular flexibility index (Phi) is 6.16. The Hall–Kier alpha value is -2.43. The van der Waals surface area contributed by atoms with Crippen LogP contribution in [0.15, 0.2) is 36.6 Å². The second-order valence-corrected chi connectivity index (χ2v) is 3.99. The van der Waals surface area contributed by atoms with Crippen molar-refractivity contribution in [1.82, 2.24) is 0 Å². The summed E-state index contributed by atoms with van der Waals surface area (Å²) >= 11 is 0. The smallest absolute Gasteiger partial charge is 0.346 e. The Morgan fingerprint density at radius 3 is 2.25 bits per heavy atom. The molecular weight excluding hydrogens is 260 g/mol. The quantitative estimate of drug-likeness (QED) is 0.470. The van der Waals surface area contributed by atoms with Crippen molar-refractivity contribution >= 4 is 17.9 Å². The molecule has 0 N–H and O–H groups in total. The highest BCUT2D eigenvalue weighted by molar-refractivity contribution is 6.05. The van der Waals surface area contributed by atoms with Gasteiger partial charge < -0.3 is 9.47 Å². The standard InChI is InChI=1S/C15H16O5/c1-3-4-7-10-19-14(17)12-8-5-6-9-13(12)15(18)20-11(2)16/h5-10H,3-4H2,1-2H3. The molecule has 0 saturated heterocycles. The number of ether oxygens (including phenoxy) is 2. The predicted molar refractivity (Wildman–Crippen MR) is 72.0 cm³/mol. The van der Waals surface area contributed by atoms with Gasteiger partial charge in [-0.1, -0.05) is 25.5 Å². The predicted octanol–water partition coefficient (Wildman–Crippen LogP) is 2.86. The number of carbonyl (C=O) groups excluding carboxylic acids is 3. The van der Waals surface area contributed by atoms with Crippen LogP contribution in [0.25, 0.3) is 0 Å². The van der Waals surface area contributed by atoms with Gasteiger partial charge in [0.05, 0.1) is 17.4 Å². The number of unbranched alkanes of at least 4 members (excludes halogenated alkanes) is 1. The lowest BCUT2D eigenvalue weighted by Crippen LogP contribution is -2.14. The zero-order valence-electron chi connectivity index (χ0n) is 11.4. The van der Waals surface area contributed by atoms with Crippen molar-refractivity contribution in [2.24, 2.45) is 0 Å². The van der Waals surface area contributed by atoms with E-state index in [-0.39, 0.29) is 11.1 Å². The molecule has 0 saturated carbocycles. The van der Waals surface area contributed by atoms with Gasteiger partial charge in [-0.15, -0.1) is 0 Å². The summed E-state index contributed by atoms with van der Waals surface area (Å²) in [6.45, 7) is 3.12. The van der Waals surface area contributed by atoms with E-state index in [0.717, 1.165) is 19.8 Å². The average Bonchev–Trinajstić information content (AvgIpc) is 2.42. The lowest BCUT2D eigenvalue weighted by atomic mass is 10.1. The van der Waals surface area contributed by atoms with E-state index in [0.29, 0.717) is 0 Å². The number of hydrogen-bond donors (Lipinski definition) is 0. The van der Waals surface area contributed by atoms with Crippen LogP contribution in [0.1, 0.15) is 47.4 Å². The summed E-state index contributed by atoms with van der Waals surface area (Å²) in [5.74, 6) is -2.28. The molecular formula is C15H16O5. The van der Waals surface area contributed by atoms with E-state index < -0.39 is 17.9 Å². The van der Waals surface area contributed by atoms with Gasteiger partial charge >= 0.3 is 17.9 Å². The lowest BCUT2D eigenvalue weighted by molar-refractivity contribution is -0.135. The van der Waals surface area contributed by atoms with Crippen LogP contribution >= 0.6 is 0 Å². The zero-order chi connectivity index (χ0) is 15.0. The first kappa shape index (κ1) is 15.6. The Morgan fingerprint density at radius 1 is 1.10 bits per heavy atom. The van der Waals surface area contributed by atoms with Crippen LogP contribution in [0.4, 0.5) is 0 Å². The van der Waals surface area contributed by atoms with Gasteiger partial charge in [0.15, 0.2) is 0 Å². The van der Waals surface area contributed by atoms with Gasteiger partial charge in [0.2, 0.25) is 0 Å². The molecule has 1 rings (SSSR count). The summed E-state index contributed by atoms with van der Waals surface area (Å²) in [7, 11) is 0. The summed E-state index contributed by atoms with van der Waals surface area (Å²) in [6.07, 6.45) is 4.74. The molecule has 0 atom stereocenters.